The summed E-state index contributed by atoms with van der Waals surface area (Å²) < 4.78 is 0. The highest BCUT2D eigenvalue weighted by molar-refractivity contribution is 5.90. The average molecular weight is 1210 g/mol. The first-order valence-corrected chi connectivity index (χ1v) is 34.3. The Hall–Kier alpha value is -10.2. The van der Waals surface area contributed by atoms with Crippen molar-refractivity contribution >= 4 is 68.2 Å². The molecule has 1 aliphatic rings. The highest BCUT2D eigenvalue weighted by Crippen LogP contribution is 2.57. The Morgan fingerprint density at radius 1 is 0.204 bits per heavy atom. The fraction of sp³-hybridized carbons (Fsp3) is 0.191. The predicted molar refractivity (Wildman–Crippen MR) is 398 cm³/mol. The maximum Gasteiger partial charge on any atom is 0.0465 e. The van der Waals surface area contributed by atoms with Gasteiger partial charge in [0, 0.05) is 73.7 Å². The van der Waals surface area contributed by atoms with Gasteiger partial charge in [-0.05, 0) is 203 Å². The van der Waals surface area contributed by atoms with Crippen molar-refractivity contribution in [3.8, 4) is 33.4 Å². The van der Waals surface area contributed by atoms with Crippen LogP contribution in [0.5, 0.6) is 0 Å². The zero-order valence-electron chi connectivity index (χ0n) is 54.2. The van der Waals surface area contributed by atoms with Gasteiger partial charge in [-0.2, -0.15) is 0 Å². The van der Waals surface area contributed by atoms with Gasteiger partial charge in [0.2, 0.25) is 0 Å². The van der Waals surface area contributed by atoms with Gasteiger partial charge in [-0.15, -0.1) is 0 Å². The number of nitrogens with zero attached hydrogens (tertiary/aromatic N) is 4. The van der Waals surface area contributed by atoms with Crippen LogP contribution in [0.3, 0.4) is 0 Å². The van der Waals surface area contributed by atoms with Gasteiger partial charge in [0.05, 0.1) is 0 Å². The van der Waals surface area contributed by atoms with Crippen LogP contribution < -0.4 is 19.6 Å². The van der Waals surface area contributed by atoms with Crippen molar-refractivity contribution in [2.24, 2.45) is 0 Å². The summed E-state index contributed by atoms with van der Waals surface area (Å²) >= 11 is 0. The molecule has 1 aliphatic carbocycles. The average Bonchev–Trinajstić information content (AvgIpc) is 1.57. The molecular formula is C89H86N4. The molecule has 4 nitrogen and oxygen atoms in total. The summed E-state index contributed by atoms with van der Waals surface area (Å²) in [5.74, 6) is 0. The Balaban J connectivity index is 0.858. The van der Waals surface area contributed by atoms with Crippen LogP contribution in [0.1, 0.15) is 115 Å². The zero-order chi connectivity index (χ0) is 63.0. The van der Waals surface area contributed by atoms with E-state index in [1.54, 1.807) is 0 Å². The van der Waals surface area contributed by atoms with E-state index in [4.69, 9.17) is 0 Å². The molecule has 12 aromatic rings. The summed E-state index contributed by atoms with van der Waals surface area (Å²) in [7, 11) is 0. The van der Waals surface area contributed by atoms with Gasteiger partial charge in [-0.3, -0.25) is 0 Å². The Morgan fingerprint density at radius 3 is 0.656 bits per heavy atom. The smallest absolute Gasteiger partial charge is 0.0465 e. The lowest BCUT2D eigenvalue weighted by Crippen LogP contribution is -2.26. The molecule has 0 heterocycles. The second-order valence-corrected chi connectivity index (χ2v) is 25.1. The quantitative estimate of drug-likeness (QED) is 0.0453. The second kappa shape index (κ2) is 29.9. The molecule has 0 atom stereocenters. The molecular weight excluding hydrogens is 1130 g/mol. The molecule has 0 saturated heterocycles. The topological polar surface area (TPSA) is 13.0 Å². The summed E-state index contributed by atoms with van der Waals surface area (Å²) in [5.41, 5.74) is 23.9. The number of para-hydroxylation sites is 6. The summed E-state index contributed by atoms with van der Waals surface area (Å²) in [5, 5.41) is 0. The third-order valence-electron chi connectivity index (χ3n) is 19.0. The lowest BCUT2D eigenvalue weighted by Gasteiger charge is -2.35. The first-order chi connectivity index (χ1) is 46.1. The van der Waals surface area contributed by atoms with Crippen LogP contribution in [0.15, 0.2) is 315 Å². The van der Waals surface area contributed by atoms with E-state index in [0.29, 0.717) is 0 Å². The molecule has 0 N–H and O–H groups in total. The van der Waals surface area contributed by atoms with Gasteiger partial charge >= 0.3 is 0 Å². The van der Waals surface area contributed by atoms with E-state index in [-0.39, 0.29) is 5.41 Å². The van der Waals surface area contributed by atoms with E-state index >= 15 is 0 Å². The lowest BCUT2D eigenvalue weighted by molar-refractivity contribution is 0.398. The number of hydrogen-bond acceptors (Lipinski definition) is 4. The van der Waals surface area contributed by atoms with Crippen LogP contribution >= 0.6 is 0 Å². The van der Waals surface area contributed by atoms with Gasteiger partial charge in [0.15, 0.2) is 0 Å². The molecule has 12 aromatic carbocycles. The number of rotatable bonds is 28. The summed E-state index contributed by atoms with van der Waals surface area (Å²) in [6.07, 6.45) is 17.4. The highest BCUT2D eigenvalue weighted by Gasteiger charge is 2.43. The van der Waals surface area contributed by atoms with Crippen LogP contribution in [-0.4, -0.2) is 0 Å². The first-order valence-electron chi connectivity index (χ1n) is 34.3. The minimum Gasteiger partial charge on any atom is -0.311 e. The number of benzene rings is 12. The van der Waals surface area contributed by atoms with Crippen LogP contribution in [-0.2, 0) is 5.41 Å². The molecule has 4 heteroatoms. The Bertz CT molecular complexity index is 3890. The van der Waals surface area contributed by atoms with Crippen molar-refractivity contribution in [3.63, 3.8) is 0 Å². The van der Waals surface area contributed by atoms with Gasteiger partial charge < -0.3 is 19.6 Å². The number of fused-ring (bicyclic) bond motifs is 3. The van der Waals surface area contributed by atoms with Crippen molar-refractivity contribution in [2.75, 3.05) is 19.6 Å². The van der Waals surface area contributed by atoms with Crippen LogP contribution in [0.2, 0.25) is 0 Å². The van der Waals surface area contributed by atoms with E-state index < -0.39 is 0 Å². The number of unbranched alkanes of at least 4 members (excludes halogenated alkanes) is 10. The van der Waals surface area contributed by atoms with E-state index in [1.807, 2.05) is 0 Å². The Morgan fingerprint density at radius 2 is 0.409 bits per heavy atom. The van der Waals surface area contributed by atoms with Gasteiger partial charge in [-0.25, -0.2) is 0 Å². The van der Waals surface area contributed by atoms with E-state index in [1.165, 1.54) is 133 Å². The number of anilines is 12. The van der Waals surface area contributed by atoms with Gasteiger partial charge in [0.1, 0.15) is 0 Å². The molecule has 0 spiro atoms. The molecule has 0 bridgehead atoms. The van der Waals surface area contributed by atoms with Crippen LogP contribution in [0.25, 0.3) is 33.4 Å². The molecule has 0 unspecified atom stereocenters. The standard InChI is InChI=1S/C89H86N4/c1-3-5-7-9-11-31-65-89(66-32-12-10-8-6-4-2)87-67-83(92(77-41-27-17-28-42-77)81-57-49-71(50-58-81)69-45-53-79(54-46-69)90(73-33-19-13-20-34-73)74-35-21-14-22-36-74)61-63-85(87)86-64-62-84(68-88(86)89)93(78-43-29-18-30-44-78)82-59-51-72(52-60-82)70-47-55-80(56-48-70)91(75-37-23-15-24-38-75)76-39-25-16-26-40-76/h13-30,33-64,67-68H,3-12,31-32,65-66H2,1-2H3. The fourth-order valence-electron chi connectivity index (χ4n) is 14.3. The number of hydrogen-bond donors (Lipinski definition) is 0. The van der Waals surface area contributed by atoms with Crippen molar-refractivity contribution < 1.29 is 0 Å². The van der Waals surface area contributed by atoms with Crippen LogP contribution in [0, 0.1) is 0 Å². The SMILES string of the molecule is CCCCCCCCC1(CCCCCCCC)c2cc(N(c3ccccc3)c3ccc(-c4ccc(N(c5ccccc5)c5ccccc5)cc4)cc3)ccc2-c2ccc(N(c3ccccc3)c3ccc(-c4ccc(N(c5ccccc5)c5ccccc5)cc4)cc3)cc21. The molecule has 13 rings (SSSR count). The van der Waals surface area contributed by atoms with E-state index in [9.17, 15) is 0 Å². The fourth-order valence-corrected chi connectivity index (χ4v) is 14.3. The molecule has 0 aliphatic heterocycles. The van der Waals surface area contributed by atoms with Crippen molar-refractivity contribution in [1.82, 2.24) is 0 Å². The maximum absolute atomic E-state index is 2.61. The first kappa shape index (κ1) is 61.7. The van der Waals surface area contributed by atoms with Gasteiger partial charge in [-0.1, -0.05) is 261 Å². The van der Waals surface area contributed by atoms with Crippen molar-refractivity contribution in [3.05, 3.63) is 327 Å². The molecule has 0 saturated carbocycles. The monoisotopic (exact) mass is 1210 g/mol. The molecule has 0 aromatic heterocycles. The molecule has 0 amide bonds. The highest BCUT2D eigenvalue weighted by atomic mass is 15.2. The lowest BCUT2D eigenvalue weighted by atomic mass is 9.70. The minimum atomic E-state index is -0.184. The normalized spacial score (nSPS) is 12.0. The Labute approximate surface area is 553 Å². The maximum atomic E-state index is 2.61. The van der Waals surface area contributed by atoms with E-state index in [2.05, 4.69) is 349 Å². The molecule has 462 valence electrons. The Kier molecular flexibility index (Phi) is 19.8. The zero-order valence-corrected chi connectivity index (χ0v) is 54.2. The largest absolute Gasteiger partial charge is 0.311 e. The van der Waals surface area contributed by atoms with E-state index in [0.717, 1.165) is 69.7 Å². The molecule has 0 fully saturated rings. The van der Waals surface area contributed by atoms with Crippen molar-refractivity contribution in [1.29, 1.82) is 0 Å². The summed E-state index contributed by atoms with van der Waals surface area (Å²) in [6.45, 7) is 4.65. The predicted octanol–water partition coefficient (Wildman–Crippen LogP) is 26.7. The third kappa shape index (κ3) is 13.9. The summed E-state index contributed by atoms with van der Waals surface area (Å²) in [6, 6.07) is 116. The summed E-state index contributed by atoms with van der Waals surface area (Å²) in [4.78, 5) is 9.61. The van der Waals surface area contributed by atoms with Gasteiger partial charge in [0.25, 0.3) is 0 Å². The second-order valence-electron chi connectivity index (χ2n) is 25.1. The molecule has 0 radical (unpaired) electrons. The minimum absolute atomic E-state index is 0.184. The molecule has 93 heavy (non-hydrogen) atoms. The van der Waals surface area contributed by atoms with Crippen LogP contribution in [0.4, 0.5) is 68.2 Å². The third-order valence-corrected chi connectivity index (χ3v) is 19.0. The van der Waals surface area contributed by atoms with Crippen molar-refractivity contribution in [2.45, 2.75) is 109 Å².